The van der Waals surface area contributed by atoms with Crippen LogP contribution in [0.5, 0.6) is 5.75 Å². The lowest BCUT2D eigenvalue weighted by molar-refractivity contribution is 0.256. The summed E-state index contributed by atoms with van der Waals surface area (Å²) in [6, 6.07) is 24.2. The number of nitrogens with one attached hydrogen (secondary N) is 2. The lowest BCUT2D eigenvalue weighted by atomic mass is 9.87. The smallest absolute Gasteiger partial charge is 0.333 e. The number of urea groups is 1. The predicted molar refractivity (Wildman–Crippen MR) is 201 cm³/mol. The Labute approximate surface area is 312 Å². The van der Waals surface area contributed by atoms with E-state index in [4.69, 9.17) is 44.1 Å². The second kappa shape index (κ2) is 13.8. The van der Waals surface area contributed by atoms with Gasteiger partial charge in [-0.25, -0.2) is 17.9 Å². The summed E-state index contributed by atoms with van der Waals surface area (Å²) in [5.74, 6) is 2.23. The maximum atomic E-state index is 12.8. The largest absolute Gasteiger partial charge is 0.489 e. The maximum Gasteiger partial charge on any atom is 0.333 e. The molecule has 2 N–H and O–H groups in total. The van der Waals surface area contributed by atoms with Crippen LogP contribution in [0.1, 0.15) is 85.8 Å². The quantitative estimate of drug-likeness (QED) is 0.146. The molecule has 0 spiro atoms. The van der Waals surface area contributed by atoms with Crippen LogP contribution in [0.4, 0.5) is 10.5 Å². The first-order valence-corrected chi connectivity index (χ1v) is 19.3. The number of hydrogen-bond donors (Lipinski definition) is 2. The molecule has 2 saturated carbocycles. The number of anilines is 1. The Morgan fingerprint density at radius 1 is 0.902 bits per heavy atom. The van der Waals surface area contributed by atoms with Crippen LogP contribution < -0.4 is 14.8 Å². The number of halogens is 3. The van der Waals surface area contributed by atoms with Crippen LogP contribution in [0.2, 0.25) is 15.1 Å². The Morgan fingerprint density at radius 3 is 2.22 bits per heavy atom. The third-order valence-electron chi connectivity index (χ3n) is 9.37. The number of carbonyl (C=O) groups excluding carboxylic acids is 1. The summed E-state index contributed by atoms with van der Waals surface area (Å²) >= 11 is 19.8. The van der Waals surface area contributed by atoms with Crippen molar-refractivity contribution in [1.82, 2.24) is 9.88 Å². The highest BCUT2D eigenvalue weighted by molar-refractivity contribution is 7.90. The Bertz CT molecular complexity index is 2190. The third kappa shape index (κ3) is 7.77. The average molecular weight is 765 g/mol. The van der Waals surface area contributed by atoms with Crippen molar-refractivity contribution in [2.75, 3.05) is 5.32 Å². The highest BCUT2D eigenvalue weighted by Crippen LogP contribution is 2.56. The lowest BCUT2D eigenvalue weighted by Gasteiger charge is -2.19. The van der Waals surface area contributed by atoms with Gasteiger partial charge in [-0.1, -0.05) is 97.1 Å². The standard InChI is InChI=1S/C39H36Cl3N3O5S/c1-39(2,3)24-11-16-27(17-12-24)51(47,48)45-38(46)43-25-13-9-22(10-14-25)29-20-30(29)28-18-15-26(19-34(28)42)49-21-31-36(44-50-37(31)23-7-8-23)35-32(40)5-4-6-33(35)41/h4-6,9-19,23,29-30H,7-8,20-21H2,1-3H3,(H2,43,45,46)/t29-,30?/m0/s1. The predicted octanol–water partition coefficient (Wildman–Crippen LogP) is 10.8. The molecule has 1 heterocycles. The molecule has 1 unspecified atom stereocenters. The van der Waals surface area contributed by atoms with E-state index in [1.165, 1.54) is 12.1 Å². The molecule has 2 aliphatic rings. The highest BCUT2D eigenvalue weighted by Gasteiger charge is 2.40. The number of benzene rings is 4. The van der Waals surface area contributed by atoms with Gasteiger partial charge in [0.15, 0.2) is 0 Å². The van der Waals surface area contributed by atoms with Gasteiger partial charge >= 0.3 is 6.03 Å². The summed E-state index contributed by atoms with van der Waals surface area (Å²) in [7, 11) is -4.03. The molecule has 5 aromatic rings. The van der Waals surface area contributed by atoms with Gasteiger partial charge in [-0.2, -0.15) is 0 Å². The minimum absolute atomic E-state index is 0.0184. The fourth-order valence-electron chi connectivity index (χ4n) is 6.29. The van der Waals surface area contributed by atoms with Gasteiger partial charge in [0.25, 0.3) is 10.0 Å². The Balaban J connectivity index is 0.963. The van der Waals surface area contributed by atoms with Crippen molar-refractivity contribution in [3.8, 4) is 17.0 Å². The molecule has 7 rings (SSSR count). The zero-order valence-electron chi connectivity index (χ0n) is 28.2. The summed E-state index contributed by atoms with van der Waals surface area (Å²) in [4.78, 5) is 12.6. The first kappa shape index (κ1) is 35.4. The number of carbonyl (C=O) groups is 1. The number of nitrogens with zero attached hydrogens (tertiary/aromatic N) is 1. The van der Waals surface area contributed by atoms with Crippen molar-refractivity contribution in [1.29, 1.82) is 0 Å². The molecule has 264 valence electrons. The molecular weight excluding hydrogens is 729 g/mol. The van der Waals surface area contributed by atoms with Crippen LogP contribution >= 0.6 is 34.8 Å². The second-order valence-electron chi connectivity index (χ2n) is 14.1. The maximum absolute atomic E-state index is 12.8. The van der Waals surface area contributed by atoms with Gasteiger partial charge < -0.3 is 14.6 Å². The summed E-state index contributed by atoms with van der Waals surface area (Å²) in [5.41, 5.74) is 5.52. The number of hydrogen-bond acceptors (Lipinski definition) is 6. The zero-order chi connectivity index (χ0) is 36.1. The number of rotatable bonds is 10. The molecule has 1 aromatic heterocycles. The van der Waals surface area contributed by atoms with Crippen molar-refractivity contribution in [2.45, 2.75) is 74.7 Å². The van der Waals surface area contributed by atoms with Crippen molar-refractivity contribution in [3.63, 3.8) is 0 Å². The van der Waals surface area contributed by atoms with Gasteiger partial charge in [0, 0.05) is 22.2 Å². The van der Waals surface area contributed by atoms with E-state index in [9.17, 15) is 13.2 Å². The molecule has 2 atom stereocenters. The second-order valence-corrected chi connectivity index (χ2v) is 17.0. The Kier molecular flexibility index (Phi) is 9.60. The summed E-state index contributed by atoms with van der Waals surface area (Å²) < 4.78 is 39.6. The van der Waals surface area contributed by atoms with Crippen LogP contribution in [0.15, 0.2) is 94.3 Å². The molecule has 12 heteroatoms. The highest BCUT2D eigenvalue weighted by atomic mass is 35.5. The van der Waals surface area contributed by atoms with Crippen LogP contribution in [-0.2, 0) is 22.0 Å². The molecular formula is C39H36Cl3N3O5S. The fraction of sp³-hybridized carbons (Fsp3) is 0.282. The first-order valence-electron chi connectivity index (χ1n) is 16.7. The van der Waals surface area contributed by atoms with E-state index >= 15 is 0 Å². The molecule has 51 heavy (non-hydrogen) atoms. The minimum atomic E-state index is -4.03. The van der Waals surface area contributed by atoms with E-state index in [1.54, 1.807) is 42.5 Å². The van der Waals surface area contributed by atoms with E-state index in [0.29, 0.717) is 43.7 Å². The monoisotopic (exact) mass is 763 g/mol. The molecule has 2 aliphatic carbocycles. The van der Waals surface area contributed by atoms with Gasteiger partial charge in [-0.05, 0) is 102 Å². The molecule has 0 bridgehead atoms. The van der Waals surface area contributed by atoms with Crippen LogP contribution in [0, 0.1) is 0 Å². The molecule has 4 aromatic carbocycles. The molecule has 0 aliphatic heterocycles. The summed E-state index contributed by atoms with van der Waals surface area (Å²) in [6.07, 6.45) is 2.99. The number of ether oxygens (including phenoxy) is 1. The Hall–Kier alpha value is -4.02. The SMILES string of the molecule is CC(C)(C)c1ccc(S(=O)(=O)NC(=O)Nc2ccc([C@@H]3CC3c3ccc(OCc4c(-c5c(Cl)cccc5Cl)noc4C4CC4)cc3Cl)cc2)cc1. The van der Waals surface area contributed by atoms with E-state index in [0.717, 1.165) is 47.3 Å². The zero-order valence-corrected chi connectivity index (χ0v) is 31.3. The number of amides is 2. The summed E-state index contributed by atoms with van der Waals surface area (Å²) in [5, 5.41) is 8.55. The van der Waals surface area contributed by atoms with E-state index in [-0.39, 0.29) is 28.8 Å². The van der Waals surface area contributed by atoms with Crippen LogP contribution in [0.3, 0.4) is 0 Å². The average Bonchev–Trinajstić information content (AvgIpc) is 4.02. The minimum Gasteiger partial charge on any atom is -0.489 e. The number of aromatic nitrogens is 1. The van der Waals surface area contributed by atoms with Gasteiger partial charge in [0.05, 0.1) is 20.5 Å². The van der Waals surface area contributed by atoms with Gasteiger partial charge in [-0.3, -0.25) is 0 Å². The molecule has 0 saturated heterocycles. The van der Waals surface area contributed by atoms with Crippen LogP contribution in [-0.4, -0.2) is 19.6 Å². The topological polar surface area (TPSA) is 111 Å². The van der Waals surface area contributed by atoms with Crippen molar-refractivity contribution >= 4 is 56.5 Å². The van der Waals surface area contributed by atoms with Crippen molar-refractivity contribution < 1.29 is 22.5 Å². The first-order chi connectivity index (χ1) is 24.3. The molecule has 2 amide bonds. The Morgan fingerprint density at radius 2 is 1.59 bits per heavy atom. The van der Waals surface area contributed by atoms with E-state index in [2.05, 4.69) is 15.2 Å². The van der Waals surface area contributed by atoms with Crippen molar-refractivity contribution in [3.05, 3.63) is 128 Å². The molecule has 2 fully saturated rings. The third-order valence-corrected chi connectivity index (χ3v) is 11.7. The molecule has 8 nitrogen and oxygen atoms in total. The molecule has 0 radical (unpaired) electrons. The van der Waals surface area contributed by atoms with Crippen molar-refractivity contribution in [2.24, 2.45) is 0 Å². The lowest BCUT2D eigenvalue weighted by Crippen LogP contribution is -2.34. The van der Waals surface area contributed by atoms with E-state index < -0.39 is 16.1 Å². The van der Waals surface area contributed by atoms with Gasteiger partial charge in [0.2, 0.25) is 0 Å². The fourth-order valence-corrected chi connectivity index (χ4v) is 8.09. The number of sulfonamides is 1. The normalized spacial score (nSPS) is 17.2. The van der Waals surface area contributed by atoms with E-state index in [1.807, 2.05) is 51.1 Å². The van der Waals surface area contributed by atoms with Gasteiger partial charge in [0.1, 0.15) is 23.8 Å². The van der Waals surface area contributed by atoms with Gasteiger partial charge in [-0.15, -0.1) is 0 Å². The van der Waals surface area contributed by atoms with Crippen LogP contribution in [0.25, 0.3) is 11.3 Å². The summed E-state index contributed by atoms with van der Waals surface area (Å²) in [6.45, 7) is 6.36.